The molecule has 0 heterocycles. The summed E-state index contributed by atoms with van der Waals surface area (Å²) in [6.07, 6.45) is 0.717. The van der Waals surface area contributed by atoms with Crippen molar-refractivity contribution in [2.24, 2.45) is 5.92 Å². The standard InChI is InChI=1S/C14H22N2O4/c1-11(2)14(7-9-17)15-8-10-20-13-5-3-12(4-6-13)16(18)19/h3-6,11,14-15,17H,7-10H2,1-2H3. The van der Waals surface area contributed by atoms with E-state index in [1.54, 1.807) is 12.1 Å². The molecule has 0 aromatic heterocycles. The molecule has 6 nitrogen and oxygen atoms in total. The number of nitrogens with one attached hydrogen (secondary N) is 1. The number of nitro groups is 1. The Kier molecular flexibility index (Phi) is 6.97. The molecule has 1 aromatic rings. The molecule has 20 heavy (non-hydrogen) atoms. The summed E-state index contributed by atoms with van der Waals surface area (Å²) in [5.41, 5.74) is 0.0540. The summed E-state index contributed by atoms with van der Waals surface area (Å²) in [5, 5.41) is 22.8. The van der Waals surface area contributed by atoms with Crippen LogP contribution in [0.4, 0.5) is 5.69 Å². The van der Waals surface area contributed by atoms with Gasteiger partial charge in [0.05, 0.1) is 4.92 Å². The van der Waals surface area contributed by atoms with Crippen molar-refractivity contribution in [1.82, 2.24) is 5.32 Å². The first kappa shape index (κ1) is 16.4. The van der Waals surface area contributed by atoms with Gasteiger partial charge >= 0.3 is 0 Å². The number of non-ortho nitro benzene ring substituents is 1. The molecule has 6 heteroatoms. The molecule has 112 valence electrons. The number of nitrogens with zero attached hydrogens (tertiary/aromatic N) is 1. The molecule has 0 spiro atoms. The quantitative estimate of drug-likeness (QED) is 0.411. The molecule has 1 rings (SSSR count). The van der Waals surface area contributed by atoms with Crippen LogP contribution in [-0.2, 0) is 0 Å². The Morgan fingerprint density at radius 3 is 2.50 bits per heavy atom. The molecule has 1 atom stereocenters. The van der Waals surface area contributed by atoms with Gasteiger partial charge in [0.2, 0.25) is 0 Å². The third kappa shape index (κ3) is 5.54. The van der Waals surface area contributed by atoms with Gasteiger partial charge in [-0.25, -0.2) is 0 Å². The molecule has 0 radical (unpaired) electrons. The van der Waals surface area contributed by atoms with Crippen molar-refractivity contribution in [2.75, 3.05) is 19.8 Å². The van der Waals surface area contributed by atoms with E-state index in [4.69, 9.17) is 9.84 Å². The maximum atomic E-state index is 10.5. The van der Waals surface area contributed by atoms with Crippen LogP contribution in [0.3, 0.4) is 0 Å². The van der Waals surface area contributed by atoms with Crippen LogP contribution in [-0.4, -0.2) is 35.8 Å². The van der Waals surface area contributed by atoms with Crippen LogP contribution < -0.4 is 10.1 Å². The minimum Gasteiger partial charge on any atom is -0.492 e. The normalized spacial score (nSPS) is 12.4. The third-order valence-corrected chi connectivity index (χ3v) is 3.07. The van der Waals surface area contributed by atoms with E-state index in [0.29, 0.717) is 24.8 Å². The fourth-order valence-corrected chi connectivity index (χ4v) is 1.89. The van der Waals surface area contributed by atoms with E-state index in [0.717, 1.165) is 6.42 Å². The van der Waals surface area contributed by atoms with Gasteiger partial charge in [0.25, 0.3) is 5.69 Å². The van der Waals surface area contributed by atoms with Crippen LogP contribution in [0.5, 0.6) is 5.75 Å². The van der Waals surface area contributed by atoms with Gasteiger partial charge in [0, 0.05) is 31.3 Å². The lowest BCUT2D eigenvalue weighted by Crippen LogP contribution is -2.37. The molecule has 0 aliphatic carbocycles. The van der Waals surface area contributed by atoms with Crippen LogP contribution in [0.1, 0.15) is 20.3 Å². The molecule has 0 amide bonds. The van der Waals surface area contributed by atoms with Gasteiger partial charge in [-0.05, 0) is 24.5 Å². The van der Waals surface area contributed by atoms with Crippen molar-refractivity contribution >= 4 is 5.69 Å². The lowest BCUT2D eigenvalue weighted by molar-refractivity contribution is -0.384. The molecular weight excluding hydrogens is 260 g/mol. The number of aliphatic hydroxyl groups excluding tert-OH is 1. The Morgan fingerprint density at radius 2 is 2.00 bits per heavy atom. The lowest BCUT2D eigenvalue weighted by Gasteiger charge is -2.21. The number of aliphatic hydroxyl groups is 1. The number of benzene rings is 1. The van der Waals surface area contributed by atoms with E-state index in [2.05, 4.69) is 19.2 Å². The van der Waals surface area contributed by atoms with E-state index < -0.39 is 4.92 Å². The van der Waals surface area contributed by atoms with E-state index in [1.165, 1.54) is 12.1 Å². The van der Waals surface area contributed by atoms with Crippen molar-refractivity contribution < 1.29 is 14.8 Å². The van der Waals surface area contributed by atoms with Crippen LogP contribution in [0.2, 0.25) is 0 Å². The van der Waals surface area contributed by atoms with E-state index >= 15 is 0 Å². The highest BCUT2D eigenvalue weighted by Gasteiger charge is 2.11. The van der Waals surface area contributed by atoms with E-state index in [-0.39, 0.29) is 18.3 Å². The average molecular weight is 282 g/mol. The van der Waals surface area contributed by atoms with Gasteiger partial charge in [-0.1, -0.05) is 13.8 Å². The predicted octanol–water partition coefficient (Wildman–Crippen LogP) is 1.97. The second kappa shape index (κ2) is 8.50. The van der Waals surface area contributed by atoms with Crippen molar-refractivity contribution in [3.05, 3.63) is 34.4 Å². The van der Waals surface area contributed by atoms with Crippen LogP contribution >= 0.6 is 0 Å². The molecule has 0 bridgehead atoms. The van der Waals surface area contributed by atoms with E-state index in [9.17, 15) is 10.1 Å². The molecule has 1 unspecified atom stereocenters. The van der Waals surface area contributed by atoms with Gasteiger partial charge in [0.1, 0.15) is 12.4 Å². The first-order valence-corrected chi connectivity index (χ1v) is 6.76. The Morgan fingerprint density at radius 1 is 1.35 bits per heavy atom. The number of nitro benzene ring substituents is 1. The van der Waals surface area contributed by atoms with Crippen LogP contribution in [0.25, 0.3) is 0 Å². The summed E-state index contributed by atoms with van der Waals surface area (Å²) in [6, 6.07) is 6.29. The summed E-state index contributed by atoms with van der Waals surface area (Å²) in [5.74, 6) is 1.06. The molecule has 0 saturated heterocycles. The Labute approximate surface area is 118 Å². The number of rotatable bonds is 9. The molecule has 2 N–H and O–H groups in total. The zero-order valence-corrected chi connectivity index (χ0v) is 11.9. The zero-order chi connectivity index (χ0) is 15.0. The first-order valence-electron chi connectivity index (χ1n) is 6.76. The average Bonchev–Trinajstić information content (AvgIpc) is 2.42. The Balaban J connectivity index is 2.31. The monoisotopic (exact) mass is 282 g/mol. The fourth-order valence-electron chi connectivity index (χ4n) is 1.89. The molecule has 0 saturated carbocycles. The maximum Gasteiger partial charge on any atom is 0.269 e. The summed E-state index contributed by atoms with van der Waals surface area (Å²) in [7, 11) is 0. The highest BCUT2D eigenvalue weighted by molar-refractivity contribution is 5.35. The number of hydrogen-bond donors (Lipinski definition) is 2. The summed E-state index contributed by atoms with van der Waals surface area (Å²) < 4.78 is 5.50. The van der Waals surface area contributed by atoms with Crippen LogP contribution in [0.15, 0.2) is 24.3 Å². The predicted molar refractivity (Wildman–Crippen MR) is 76.9 cm³/mol. The van der Waals surface area contributed by atoms with Crippen molar-refractivity contribution in [1.29, 1.82) is 0 Å². The first-order chi connectivity index (χ1) is 9.54. The minimum atomic E-state index is -0.437. The number of hydrogen-bond acceptors (Lipinski definition) is 5. The fraction of sp³-hybridized carbons (Fsp3) is 0.571. The van der Waals surface area contributed by atoms with Gasteiger partial charge in [-0.15, -0.1) is 0 Å². The Bertz CT molecular complexity index is 406. The second-order valence-electron chi connectivity index (χ2n) is 4.92. The number of ether oxygens (including phenoxy) is 1. The highest BCUT2D eigenvalue weighted by Crippen LogP contribution is 2.17. The minimum absolute atomic E-state index is 0.0540. The molecule has 0 aliphatic heterocycles. The third-order valence-electron chi connectivity index (χ3n) is 3.07. The highest BCUT2D eigenvalue weighted by atomic mass is 16.6. The Hall–Kier alpha value is -1.66. The van der Waals surface area contributed by atoms with Gasteiger partial charge in [0.15, 0.2) is 0 Å². The summed E-state index contributed by atoms with van der Waals surface area (Å²) >= 11 is 0. The van der Waals surface area contributed by atoms with Crippen molar-refractivity contribution in [2.45, 2.75) is 26.3 Å². The SMILES string of the molecule is CC(C)C(CCO)NCCOc1ccc([N+](=O)[O-])cc1. The molecule has 0 fully saturated rings. The second-order valence-corrected chi connectivity index (χ2v) is 4.92. The zero-order valence-electron chi connectivity index (χ0n) is 11.9. The molecule has 0 aliphatic rings. The van der Waals surface area contributed by atoms with Crippen molar-refractivity contribution in [3.63, 3.8) is 0 Å². The smallest absolute Gasteiger partial charge is 0.269 e. The molecular formula is C14H22N2O4. The largest absolute Gasteiger partial charge is 0.492 e. The van der Waals surface area contributed by atoms with Crippen molar-refractivity contribution in [3.8, 4) is 5.75 Å². The van der Waals surface area contributed by atoms with Gasteiger partial charge < -0.3 is 15.2 Å². The lowest BCUT2D eigenvalue weighted by atomic mass is 10.0. The van der Waals surface area contributed by atoms with E-state index in [1.807, 2.05) is 0 Å². The maximum absolute atomic E-state index is 10.5. The molecule has 1 aromatic carbocycles. The van der Waals surface area contributed by atoms with Gasteiger partial charge in [-0.2, -0.15) is 0 Å². The summed E-state index contributed by atoms with van der Waals surface area (Å²) in [4.78, 5) is 10.1. The van der Waals surface area contributed by atoms with Crippen LogP contribution in [0, 0.1) is 16.0 Å². The summed E-state index contributed by atoms with van der Waals surface area (Å²) in [6.45, 7) is 5.51. The topological polar surface area (TPSA) is 84.6 Å². The van der Waals surface area contributed by atoms with Gasteiger partial charge in [-0.3, -0.25) is 10.1 Å².